The SMILES string of the molecule is C#C[C@]1(COC(=O)c2ccccc2)O[C@@H](n2cnc3c(NC(=O)CCCCCCCCCCCCC)nc(F)nc32)C[C@@H]1O. The summed E-state index contributed by atoms with van der Waals surface area (Å²) in [7, 11) is 0. The second kappa shape index (κ2) is 16.3. The van der Waals surface area contributed by atoms with E-state index < -0.39 is 36.6 Å². The molecule has 1 aromatic carbocycles. The van der Waals surface area contributed by atoms with E-state index in [1.165, 1.54) is 62.3 Å². The molecule has 1 saturated heterocycles. The van der Waals surface area contributed by atoms with Crippen molar-refractivity contribution in [1.29, 1.82) is 0 Å². The summed E-state index contributed by atoms with van der Waals surface area (Å²) < 4.78 is 27.3. The van der Waals surface area contributed by atoms with Crippen molar-refractivity contribution in [3.05, 3.63) is 48.3 Å². The molecule has 2 N–H and O–H groups in total. The molecule has 11 heteroatoms. The number of nitrogens with one attached hydrogen (secondary N) is 1. The van der Waals surface area contributed by atoms with Crippen molar-refractivity contribution in [3.63, 3.8) is 0 Å². The van der Waals surface area contributed by atoms with E-state index in [1.807, 2.05) is 0 Å². The molecule has 10 nitrogen and oxygen atoms in total. The lowest BCUT2D eigenvalue weighted by Crippen LogP contribution is -2.43. The number of anilines is 1. The van der Waals surface area contributed by atoms with Crippen LogP contribution in [0.15, 0.2) is 36.7 Å². The van der Waals surface area contributed by atoms with E-state index in [1.54, 1.807) is 30.3 Å². The number of imidazole rings is 1. The number of esters is 1. The lowest BCUT2D eigenvalue weighted by Gasteiger charge is -2.26. The molecule has 3 aromatic rings. The van der Waals surface area contributed by atoms with Crippen LogP contribution in [0.2, 0.25) is 0 Å². The maximum Gasteiger partial charge on any atom is 0.338 e. The number of halogens is 1. The van der Waals surface area contributed by atoms with Gasteiger partial charge >= 0.3 is 12.0 Å². The number of fused-ring (bicyclic) bond motifs is 1. The average molecular weight is 608 g/mol. The smallest absolute Gasteiger partial charge is 0.338 e. The van der Waals surface area contributed by atoms with Gasteiger partial charge in [0.25, 0.3) is 0 Å². The van der Waals surface area contributed by atoms with Gasteiger partial charge in [0.2, 0.25) is 5.91 Å². The molecule has 0 bridgehead atoms. The summed E-state index contributed by atoms with van der Waals surface area (Å²) in [5.74, 6) is 1.48. The van der Waals surface area contributed by atoms with Gasteiger partial charge in [0.15, 0.2) is 22.6 Å². The normalized spacial score (nSPS) is 19.6. The Kier molecular flexibility index (Phi) is 12.2. The van der Waals surface area contributed by atoms with Crippen LogP contribution in [0, 0.1) is 18.4 Å². The first-order valence-electron chi connectivity index (χ1n) is 15.6. The molecule has 44 heavy (non-hydrogen) atoms. The molecular formula is C33H42FN5O5. The van der Waals surface area contributed by atoms with Crippen LogP contribution in [0.4, 0.5) is 10.2 Å². The summed E-state index contributed by atoms with van der Waals surface area (Å²) >= 11 is 0. The fourth-order valence-corrected chi connectivity index (χ4v) is 5.39. The Morgan fingerprint density at radius 1 is 1.09 bits per heavy atom. The fraction of sp³-hybridized carbons (Fsp3) is 0.545. The summed E-state index contributed by atoms with van der Waals surface area (Å²) in [4.78, 5) is 37.0. The van der Waals surface area contributed by atoms with Crippen molar-refractivity contribution in [2.45, 2.75) is 108 Å². The van der Waals surface area contributed by atoms with Crippen molar-refractivity contribution in [2.24, 2.45) is 0 Å². The summed E-state index contributed by atoms with van der Waals surface area (Å²) in [6, 6.07) is 8.36. The quantitative estimate of drug-likeness (QED) is 0.0814. The first-order valence-corrected chi connectivity index (χ1v) is 15.6. The molecule has 3 atom stereocenters. The highest BCUT2D eigenvalue weighted by Crippen LogP contribution is 2.38. The van der Waals surface area contributed by atoms with Gasteiger partial charge in [-0.15, -0.1) is 6.42 Å². The zero-order valence-corrected chi connectivity index (χ0v) is 25.3. The molecule has 1 aliphatic rings. The van der Waals surface area contributed by atoms with Crippen molar-refractivity contribution in [1.82, 2.24) is 19.5 Å². The van der Waals surface area contributed by atoms with Crippen LogP contribution in [0.3, 0.4) is 0 Å². The molecule has 1 fully saturated rings. The third-order valence-corrected chi connectivity index (χ3v) is 7.95. The molecule has 0 spiro atoms. The number of unbranched alkanes of at least 4 members (excludes halogenated alkanes) is 10. The second-order valence-electron chi connectivity index (χ2n) is 11.3. The van der Waals surface area contributed by atoms with Crippen molar-refractivity contribution < 1.29 is 28.6 Å². The monoisotopic (exact) mass is 607 g/mol. The standard InChI is InChI=1S/C33H42FN5O5/c1-3-5-6-7-8-9-10-11-12-13-17-20-26(41)36-29-28-30(38-32(34)37-29)39(23-35-28)27-21-25(40)33(4-2,44-27)22-43-31(42)24-18-15-14-16-19-24/h2,14-16,18-19,23,25,27,40H,3,5-13,17,20-22H2,1H3,(H,36,37,38,41)/t25-,27+,33+/m0/s1. The maximum absolute atomic E-state index is 14.5. The Morgan fingerprint density at radius 2 is 1.75 bits per heavy atom. The number of carbonyl (C=O) groups is 2. The van der Waals surface area contributed by atoms with Gasteiger partial charge in [0.1, 0.15) is 18.9 Å². The van der Waals surface area contributed by atoms with Crippen molar-refractivity contribution >= 4 is 28.9 Å². The lowest BCUT2D eigenvalue weighted by molar-refractivity contribution is -0.116. The zero-order chi connectivity index (χ0) is 31.4. The van der Waals surface area contributed by atoms with E-state index in [2.05, 4.69) is 33.1 Å². The van der Waals surface area contributed by atoms with E-state index in [4.69, 9.17) is 15.9 Å². The molecule has 1 aliphatic heterocycles. The highest BCUT2D eigenvalue weighted by Gasteiger charge is 2.49. The van der Waals surface area contributed by atoms with Gasteiger partial charge in [-0.05, 0) is 18.6 Å². The van der Waals surface area contributed by atoms with E-state index in [0.717, 1.165) is 19.3 Å². The van der Waals surface area contributed by atoms with Crippen LogP contribution in [0.1, 0.15) is 107 Å². The molecular weight excluding hydrogens is 565 g/mol. The molecule has 0 saturated carbocycles. The maximum atomic E-state index is 14.5. The van der Waals surface area contributed by atoms with Crippen LogP contribution in [-0.4, -0.2) is 54.8 Å². The van der Waals surface area contributed by atoms with Crippen LogP contribution >= 0.6 is 0 Å². The third-order valence-electron chi connectivity index (χ3n) is 7.95. The number of carbonyl (C=O) groups excluding carboxylic acids is 2. The van der Waals surface area contributed by atoms with Crippen molar-refractivity contribution in [2.75, 3.05) is 11.9 Å². The topological polar surface area (TPSA) is 128 Å². The average Bonchev–Trinajstić information content (AvgIpc) is 3.60. The van der Waals surface area contributed by atoms with E-state index in [9.17, 15) is 19.1 Å². The number of nitrogens with zero attached hydrogens (tertiary/aromatic N) is 4. The predicted octanol–water partition coefficient (Wildman–Crippen LogP) is 6.11. The van der Waals surface area contributed by atoms with Gasteiger partial charge in [-0.3, -0.25) is 9.36 Å². The van der Waals surface area contributed by atoms with Crippen molar-refractivity contribution in [3.8, 4) is 12.3 Å². The molecule has 0 radical (unpaired) electrons. The molecule has 1 amide bonds. The van der Waals surface area contributed by atoms with Crippen LogP contribution in [-0.2, 0) is 14.3 Å². The fourth-order valence-electron chi connectivity index (χ4n) is 5.39. The summed E-state index contributed by atoms with van der Waals surface area (Å²) in [5, 5.41) is 13.5. The van der Waals surface area contributed by atoms with Crippen LogP contribution < -0.4 is 5.32 Å². The van der Waals surface area contributed by atoms with Gasteiger partial charge in [-0.1, -0.05) is 95.3 Å². The first kappa shape index (κ1) is 33.0. The minimum Gasteiger partial charge on any atom is -0.458 e. The lowest BCUT2D eigenvalue weighted by atomic mass is 9.99. The van der Waals surface area contributed by atoms with E-state index in [0.29, 0.717) is 5.56 Å². The van der Waals surface area contributed by atoms with Gasteiger partial charge in [-0.2, -0.15) is 14.4 Å². The highest BCUT2D eigenvalue weighted by atomic mass is 19.1. The number of terminal acetylenes is 1. The Bertz CT molecular complexity index is 1430. The van der Waals surface area contributed by atoms with E-state index in [-0.39, 0.29) is 35.7 Å². The summed E-state index contributed by atoms with van der Waals surface area (Å²) in [5.41, 5.74) is -1.07. The number of aliphatic hydroxyl groups excluding tert-OH is 1. The minimum absolute atomic E-state index is 0.00468. The molecule has 0 aliphatic carbocycles. The van der Waals surface area contributed by atoms with Gasteiger partial charge < -0.3 is 19.9 Å². The summed E-state index contributed by atoms with van der Waals surface area (Å²) in [6.45, 7) is 1.83. The van der Waals surface area contributed by atoms with Gasteiger partial charge in [0.05, 0.1) is 11.9 Å². The Hall–Kier alpha value is -3.88. The number of hydrogen-bond acceptors (Lipinski definition) is 8. The molecule has 236 valence electrons. The highest BCUT2D eigenvalue weighted by molar-refractivity contribution is 5.96. The number of aromatic nitrogens is 4. The minimum atomic E-state index is -1.64. The molecule has 3 heterocycles. The number of amides is 1. The number of hydrogen-bond donors (Lipinski definition) is 2. The zero-order valence-electron chi connectivity index (χ0n) is 25.3. The third kappa shape index (κ3) is 8.61. The Balaban J connectivity index is 1.30. The van der Waals surface area contributed by atoms with Crippen LogP contribution in [0.25, 0.3) is 11.2 Å². The first-order chi connectivity index (χ1) is 21.4. The molecule has 0 unspecified atom stereocenters. The number of rotatable bonds is 17. The molecule has 2 aromatic heterocycles. The van der Waals surface area contributed by atoms with Crippen LogP contribution in [0.5, 0.6) is 0 Å². The predicted molar refractivity (Wildman–Crippen MR) is 164 cm³/mol. The Morgan fingerprint density at radius 3 is 2.41 bits per heavy atom. The number of aliphatic hydroxyl groups is 1. The number of ether oxygens (including phenoxy) is 2. The molecule has 4 rings (SSSR count). The van der Waals surface area contributed by atoms with E-state index >= 15 is 0 Å². The largest absolute Gasteiger partial charge is 0.458 e. The summed E-state index contributed by atoms with van der Waals surface area (Å²) in [6.07, 6.45) is 17.2. The Labute approximate surface area is 257 Å². The van der Waals surface area contributed by atoms with Gasteiger partial charge in [0, 0.05) is 12.8 Å². The van der Waals surface area contributed by atoms with Gasteiger partial charge in [-0.25, -0.2) is 9.78 Å². The second-order valence-corrected chi connectivity index (χ2v) is 11.3. The number of benzene rings is 1.